The number of hydrogen-bond donors (Lipinski definition) is 2. The topological polar surface area (TPSA) is 72.2 Å². The fraction of sp³-hybridized carbons (Fsp3) is 0.0667. The molecule has 0 aliphatic heterocycles. The zero-order chi connectivity index (χ0) is 13.8. The molecule has 2 rings (SSSR count). The highest BCUT2D eigenvalue weighted by Gasteiger charge is 2.12. The number of aryl methyl sites for hydroxylation is 1. The quantitative estimate of drug-likeness (QED) is 0.805. The van der Waals surface area contributed by atoms with Crippen molar-refractivity contribution in [3.8, 4) is 11.1 Å². The molecule has 2 amide bonds. The van der Waals surface area contributed by atoms with Crippen molar-refractivity contribution in [2.75, 3.05) is 5.32 Å². The monoisotopic (exact) mass is 254 g/mol. The molecule has 0 saturated carbocycles. The summed E-state index contributed by atoms with van der Waals surface area (Å²) in [7, 11) is 0. The average Bonchev–Trinajstić information content (AvgIpc) is 2.40. The first-order valence-electron chi connectivity index (χ1n) is 5.85. The van der Waals surface area contributed by atoms with Crippen molar-refractivity contribution < 1.29 is 9.59 Å². The van der Waals surface area contributed by atoms with Crippen LogP contribution >= 0.6 is 0 Å². The van der Waals surface area contributed by atoms with Crippen LogP contribution in [0.15, 0.2) is 48.5 Å². The lowest BCUT2D eigenvalue weighted by Gasteiger charge is -2.12. The maximum atomic E-state index is 11.4. The van der Waals surface area contributed by atoms with Gasteiger partial charge in [0.05, 0.1) is 0 Å². The number of nitrogens with two attached hydrogens (primary N) is 1. The second kappa shape index (κ2) is 5.35. The van der Waals surface area contributed by atoms with Crippen LogP contribution in [0.5, 0.6) is 0 Å². The Labute approximate surface area is 111 Å². The van der Waals surface area contributed by atoms with E-state index in [1.807, 2.05) is 43.3 Å². The Kier molecular flexibility index (Phi) is 3.61. The summed E-state index contributed by atoms with van der Waals surface area (Å²) in [5, 5.41) is 2.52. The molecule has 0 saturated heterocycles. The zero-order valence-corrected chi connectivity index (χ0v) is 10.5. The zero-order valence-electron chi connectivity index (χ0n) is 10.5. The van der Waals surface area contributed by atoms with Gasteiger partial charge in [0.1, 0.15) is 0 Å². The normalized spacial score (nSPS) is 9.95. The van der Waals surface area contributed by atoms with Crippen LogP contribution in [0.25, 0.3) is 11.1 Å². The number of carbonyl (C=O) groups excluding carboxylic acids is 2. The molecule has 0 spiro atoms. The molecule has 0 unspecified atom stereocenters. The number of benzene rings is 2. The molecule has 0 fully saturated rings. The smallest absolute Gasteiger partial charge is 0.313 e. The van der Waals surface area contributed by atoms with Crippen molar-refractivity contribution in [3.63, 3.8) is 0 Å². The Morgan fingerprint density at radius 2 is 1.53 bits per heavy atom. The highest BCUT2D eigenvalue weighted by molar-refractivity contribution is 6.39. The van der Waals surface area contributed by atoms with Crippen LogP contribution < -0.4 is 11.1 Å². The molecule has 0 aliphatic carbocycles. The van der Waals surface area contributed by atoms with Gasteiger partial charge in [-0.05, 0) is 24.1 Å². The second-order valence-corrected chi connectivity index (χ2v) is 4.18. The Balaban J connectivity index is 2.45. The number of anilines is 1. The van der Waals surface area contributed by atoms with Crippen molar-refractivity contribution in [1.82, 2.24) is 0 Å². The number of hydrogen-bond acceptors (Lipinski definition) is 2. The average molecular weight is 254 g/mol. The third-order valence-corrected chi connectivity index (χ3v) is 2.83. The SMILES string of the molecule is Cc1ccccc1-c1ccccc1NC(=O)C(N)=O. The fourth-order valence-corrected chi connectivity index (χ4v) is 1.89. The van der Waals surface area contributed by atoms with Crippen LogP contribution in [0.4, 0.5) is 5.69 Å². The Morgan fingerprint density at radius 3 is 2.16 bits per heavy atom. The van der Waals surface area contributed by atoms with Crippen molar-refractivity contribution in [2.45, 2.75) is 6.92 Å². The summed E-state index contributed by atoms with van der Waals surface area (Å²) in [6, 6.07) is 15.1. The Morgan fingerprint density at radius 1 is 0.947 bits per heavy atom. The lowest BCUT2D eigenvalue weighted by atomic mass is 9.99. The van der Waals surface area contributed by atoms with Gasteiger partial charge in [-0.15, -0.1) is 0 Å². The summed E-state index contributed by atoms with van der Waals surface area (Å²) in [5.41, 5.74) is 8.47. The minimum Gasteiger partial charge on any atom is -0.361 e. The highest BCUT2D eigenvalue weighted by Crippen LogP contribution is 2.30. The predicted molar refractivity (Wildman–Crippen MR) is 74.4 cm³/mol. The molecule has 3 N–H and O–H groups in total. The van der Waals surface area contributed by atoms with E-state index in [0.717, 1.165) is 16.7 Å². The molecule has 0 bridgehead atoms. The third-order valence-electron chi connectivity index (χ3n) is 2.83. The van der Waals surface area contributed by atoms with Gasteiger partial charge in [0.25, 0.3) is 0 Å². The molecule has 4 nitrogen and oxygen atoms in total. The minimum atomic E-state index is -1.00. The van der Waals surface area contributed by atoms with Crippen molar-refractivity contribution in [2.24, 2.45) is 5.73 Å². The Bertz CT molecular complexity index is 636. The van der Waals surface area contributed by atoms with Gasteiger partial charge >= 0.3 is 11.8 Å². The third kappa shape index (κ3) is 2.80. The van der Waals surface area contributed by atoms with E-state index in [1.165, 1.54) is 0 Å². The first-order valence-corrected chi connectivity index (χ1v) is 5.85. The van der Waals surface area contributed by atoms with E-state index in [4.69, 9.17) is 5.73 Å². The van der Waals surface area contributed by atoms with Gasteiger partial charge in [0, 0.05) is 11.3 Å². The lowest BCUT2D eigenvalue weighted by molar-refractivity contribution is -0.134. The van der Waals surface area contributed by atoms with Crippen LogP contribution in [-0.2, 0) is 9.59 Å². The van der Waals surface area contributed by atoms with E-state index in [1.54, 1.807) is 12.1 Å². The van der Waals surface area contributed by atoms with Crippen LogP contribution in [0, 0.1) is 6.92 Å². The van der Waals surface area contributed by atoms with Crippen molar-refractivity contribution in [3.05, 3.63) is 54.1 Å². The van der Waals surface area contributed by atoms with E-state index in [2.05, 4.69) is 5.32 Å². The largest absolute Gasteiger partial charge is 0.361 e. The van der Waals surface area contributed by atoms with Gasteiger partial charge in [-0.3, -0.25) is 9.59 Å². The van der Waals surface area contributed by atoms with Crippen LogP contribution in [-0.4, -0.2) is 11.8 Å². The van der Waals surface area contributed by atoms with E-state index < -0.39 is 11.8 Å². The summed E-state index contributed by atoms with van der Waals surface area (Å²) in [6.07, 6.45) is 0. The summed E-state index contributed by atoms with van der Waals surface area (Å²) in [6.45, 7) is 1.99. The lowest BCUT2D eigenvalue weighted by Crippen LogP contribution is -2.29. The van der Waals surface area contributed by atoms with E-state index in [9.17, 15) is 9.59 Å². The van der Waals surface area contributed by atoms with Gasteiger partial charge in [0.2, 0.25) is 0 Å². The molecular weight excluding hydrogens is 240 g/mol. The first-order chi connectivity index (χ1) is 9.09. The molecule has 0 atom stereocenters. The minimum absolute atomic E-state index is 0.570. The molecule has 19 heavy (non-hydrogen) atoms. The highest BCUT2D eigenvalue weighted by atomic mass is 16.2. The number of carbonyl (C=O) groups is 2. The number of amides is 2. The van der Waals surface area contributed by atoms with E-state index in [-0.39, 0.29) is 0 Å². The van der Waals surface area contributed by atoms with Crippen molar-refractivity contribution in [1.29, 1.82) is 0 Å². The molecule has 0 heterocycles. The molecule has 96 valence electrons. The van der Waals surface area contributed by atoms with Gasteiger partial charge in [-0.25, -0.2) is 0 Å². The number of nitrogens with one attached hydrogen (secondary N) is 1. The number of primary amides is 1. The Hall–Kier alpha value is -2.62. The van der Waals surface area contributed by atoms with Gasteiger partial charge < -0.3 is 11.1 Å². The number of para-hydroxylation sites is 1. The molecule has 4 heteroatoms. The molecule has 0 aliphatic rings. The summed E-state index contributed by atoms with van der Waals surface area (Å²) >= 11 is 0. The van der Waals surface area contributed by atoms with Crippen LogP contribution in [0.1, 0.15) is 5.56 Å². The van der Waals surface area contributed by atoms with Gasteiger partial charge in [-0.2, -0.15) is 0 Å². The second-order valence-electron chi connectivity index (χ2n) is 4.18. The maximum Gasteiger partial charge on any atom is 0.313 e. The summed E-state index contributed by atoms with van der Waals surface area (Å²) < 4.78 is 0. The number of rotatable bonds is 2. The maximum absolute atomic E-state index is 11.4. The van der Waals surface area contributed by atoms with Gasteiger partial charge in [-0.1, -0.05) is 42.5 Å². The standard InChI is InChI=1S/C15H14N2O2/c1-10-6-2-3-7-11(10)12-8-4-5-9-13(12)17-15(19)14(16)18/h2-9H,1H3,(H2,16,18)(H,17,19). The molecule has 0 aromatic heterocycles. The van der Waals surface area contributed by atoms with Gasteiger partial charge in [0.15, 0.2) is 0 Å². The molecule has 2 aromatic carbocycles. The van der Waals surface area contributed by atoms with E-state index >= 15 is 0 Å². The van der Waals surface area contributed by atoms with Crippen molar-refractivity contribution >= 4 is 17.5 Å². The molecule has 0 radical (unpaired) electrons. The summed E-state index contributed by atoms with van der Waals surface area (Å²) in [4.78, 5) is 22.2. The van der Waals surface area contributed by atoms with Crippen LogP contribution in [0.3, 0.4) is 0 Å². The first kappa shape index (κ1) is 12.8. The van der Waals surface area contributed by atoms with Crippen LogP contribution in [0.2, 0.25) is 0 Å². The van der Waals surface area contributed by atoms with E-state index in [0.29, 0.717) is 5.69 Å². The predicted octanol–water partition coefficient (Wildman–Crippen LogP) is 2.09. The summed E-state index contributed by atoms with van der Waals surface area (Å²) in [5.74, 6) is -1.82. The fourth-order valence-electron chi connectivity index (χ4n) is 1.89. The molecule has 2 aromatic rings. The molecular formula is C15H14N2O2.